The molecule has 0 radical (unpaired) electrons. The minimum absolute atomic E-state index is 0.0251. The first-order valence-corrected chi connectivity index (χ1v) is 15.4. The van der Waals surface area contributed by atoms with Crippen molar-refractivity contribution in [3.05, 3.63) is 148 Å². The Balaban J connectivity index is 1.61. The lowest BCUT2D eigenvalue weighted by atomic mass is 10.0. The van der Waals surface area contributed by atoms with Gasteiger partial charge in [0.05, 0.1) is 6.04 Å². The van der Waals surface area contributed by atoms with E-state index in [1.807, 2.05) is 37.3 Å². The Bertz CT molecular complexity index is 1730. The molecule has 4 aromatic rings. The highest BCUT2D eigenvalue weighted by atomic mass is 32.2. The molecular formula is C34H31F3N2O5S. The lowest BCUT2D eigenvalue weighted by Crippen LogP contribution is -2.50. The Labute approximate surface area is 259 Å². The third-order valence-corrected chi connectivity index (χ3v) is 7.77. The number of halogens is 3. The van der Waals surface area contributed by atoms with Crippen molar-refractivity contribution >= 4 is 21.9 Å². The number of aryl methyl sites for hydroxylation is 2. The molecule has 0 aliphatic carbocycles. The highest BCUT2D eigenvalue weighted by Gasteiger charge is 2.27. The summed E-state index contributed by atoms with van der Waals surface area (Å²) >= 11 is 0. The third kappa shape index (κ3) is 10.1. The number of benzene rings is 4. The van der Waals surface area contributed by atoms with E-state index in [9.17, 15) is 26.8 Å². The molecule has 0 aliphatic rings. The van der Waals surface area contributed by atoms with Crippen LogP contribution in [-0.2, 0) is 27.8 Å². The van der Waals surface area contributed by atoms with Crippen LogP contribution in [0, 0.1) is 18.6 Å². The molecule has 0 heterocycles. The molecule has 4 rings (SSSR count). The monoisotopic (exact) mass is 636 g/mol. The molecule has 2 N–H and O–H groups in total. The van der Waals surface area contributed by atoms with Gasteiger partial charge in [-0.15, -0.1) is 0 Å². The third-order valence-electron chi connectivity index (χ3n) is 6.74. The lowest BCUT2D eigenvalue weighted by Gasteiger charge is -2.22. The van der Waals surface area contributed by atoms with Gasteiger partial charge in [0.15, 0.2) is 0 Å². The molecule has 0 saturated heterocycles. The molecule has 234 valence electrons. The standard InChI is InChI=1S/C34H31F3N2O5S/c1-23-12-14-25(15-13-23)18-31(39-33(40)26-19-27(35)21-28(36)20-26)34(41)38-29(17-16-24-8-4-2-5-9-24)22-32(37)45(42,43)44-30-10-6-3-7-11-30/h2-15,19-22,29,31H,16-18H2,1H3,(H,38,41)(H,39,40)/b32-22+/t29-,31-/m0/s1. The van der Waals surface area contributed by atoms with Crippen molar-refractivity contribution in [3.63, 3.8) is 0 Å². The summed E-state index contributed by atoms with van der Waals surface area (Å²) in [5.74, 6) is -3.73. The maximum atomic E-state index is 15.2. The van der Waals surface area contributed by atoms with Gasteiger partial charge in [0.25, 0.3) is 11.1 Å². The highest BCUT2D eigenvalue weighted by Crippen LogP contribution is 2.19. The van der Waals surface area contributed by atoms with Gasteiger partial charge in [0.2, 0.25) is 5.91 Å². The van der Waals surface area contributed by atoms with E-state index in [-0.39, 0.29) is 24.2 Å². The largest absolute Gasteiger partial charge is 0.377 e. The van der Waals surface area contributed by atoms with Crippen LogP contribution in [0.2, 0.25) is 0 Å². The zero-order valence-electron chi connectivity index (χ0n) is 24.3. The van der Waals surface area contributed by atoms with Crippen molar-refractivity contribution in [2.45, 2.75) is 38.3 Å². The van der Waals surface area contributed by atoms with Crippen LogP contribution < -0.4 is 14.8 Å². The van der Waals surface area contributed by atoms with Gasteiger partial charge in [-0.25, -0.2) is 8.78 Å². The summed E-state index contributed by atoms with van der Waals surface area (Å²) < 4.78 is 73.1. The van der Waals surface area contributed by atoms with E-state index in [1.54, 1.807) is 30.3 Å². The van der Waals surface area contributed by atoms with Crippen molar-refractivity contribution < 1.29 is 35.4 Å². The van der Waals surface area contributed by atoms with Gasteiger partial charge in [-0.1, -0.05) is 78.4 Å². The lowest BCUT2D eigenvalue weighted by molar-refractivity contribution is -0.123. The topological polar surface area (TPSA) is 102 Å². The molecule has 0 bridgehead atoms. The number of amides is 2. The van der Waals surface area contributed by atoms with Crippen LogP contribution in [0.15, 0.2) is 114 Å². The van der Waals surface area contributed by atoms with Crippen LogP contribution in [0.4, 0.5) is 13.2 Å². The summed E-state index contributed by atoms with van der Waals surface area (Å²) in [5, 5.41) is 3.52. The first kappa shape index (κ1) is 33.0. The van der Waals surface area contributed by atoms with E-state index < -0.39 is 50.8 Å². The highest BCUT2D eigenvalue weighted by molar-refractivity contribution is 7.90. The second kappa shape index (κ2) is 15.2. The van der Waals surface area contributed by atoms with Crippen LogP contribution >= 0.6 is 0 Å². The molecule has 0 fully saturated rings. The predicted octanol–water partition coefficient (Wildman–Crippen LogP) is 5.95. The van der Waals surface area contributed by atoms with Crippen molar-refractivity contribution in [2.75, 3.05) is 0 Å². The second-order valence-corrected chi connectivity index (χ2v) is 11.8. The van der Waals surface area contributed by atoms with Crippen molar-refractivity contribution in [1.29, 1.82) is 0 Å². The Morgan fingerprint density at radius 3 is 2.04 bits per heavy atom. The zero-order valence-corrected chi connectivity index (χ0v) is 25.1. The Morgan fingerprint density at radius 1 is 0.822 bits per heavy atom. The number of para-hydroxylation sites is 1. The Morgan fingerprint density at radius 2 is 1.42 bits per heavy atom. The van der Waals surface area contributed by atoms with Gasteiger partial charge < -0.3 is 14.8 Å². The van der Waals surface area contributed by atoms with E-state index in [0.29, 0.717) is 18.1 Å². The van der Waals surface area contributed by atoms with Gasteiger partial charge in [-0.3, -0.25) is 9.59 Å². The molecule has 0 aromatic heterocycles. The maximum absolute atomic E-state index is 15.2. The van der Waals surface area contributed by atoms with Crippen LogP contribution in [0.25, 0.3) is 0 Å². The summed E-state index contributed by atoms with van der Waals surface area (Å²) in [7, 11) is -4.86. The number of hydrogen-bond acceptors (Lipinski definition) is 5. The second-order valence-electron chi connectivity index (χ2n) is 10.3. The average Bonchev–Trinajstić information content (AvgIpc) is 3.00. The molecular weight excluding hydrogens is 605 g/mol. The van der Waals surface area contributed by atoms with Gasteiger partial charge in [0.1, 0.15) is 23.4 Å². The summed E-state index contributed by atoms with van der Waals surface area (Å²) in [5.41, 5.74) is 2.13. The normalized spacial score (nSPS) is 13.0. The van der Waals surface area contributed by atoms with Crippen LogP contribution in [0.3, 0.4) is 0 Å². The number of carbonyl (C=O) groups excluding carboxylic acids is 2. The molecule has 0 aliphatic heterocycles. The van der Waals surface area contributed by atoms with Gasteiger partial charge in [-0.2, -0.15) is 12.8 Å². The molecule has 11 heteroatoms. The quantitative estimate of drug-likeness (QED) is 0.177. The molecule has 2 atom stereocenters. The molecule has 0 unspecified atom stereocenters. The fraction of sp³-hybridized carbons (Fsp3) is 0.176. The van der Waals surface area contributed by atoms with Gasteiger partial charge in [-0.05, 0) is 61.2 Å². The van der Waals surface area contributed by atoms with Gasteiger partial charge in [0, 0.05) is 18.1 Å². The summed E-state index contributed by atoms with van der Waals surface area (Å²) in [6.45, 7) is 1.88. The van der Waals surface area contributed by atoms with Crippen molar-refractivity contribution in [3.8, 4) is 5.75 Å². The average molecular weight is 637 g/mol. The van der Waals surface area contributed by atoms with E-state index in [2.05, 4.69) is 10.6 Å². The molecule has 4 aromatic carbocycles. The van der Waals surface area contributed by atoms with Crippen LogP contribution in [-0.4, -0.2) is 32.3 Å². The van der Waals surface area contributed by atoms with Crippen molar-refractivity contribution in [1.82, 2.24) is 10.6 Å². The minimum Gasteiger partial charge on any atom is -0.377 e. The van der Waals surface area contributed by atoms with Crippen LogP contribution in [0.5, 0.6) is 5.75 Å². The maximum Gasteiger partial charge on any atom is 0.366 e. The van der Waals surface area contributed by atoms with E-state index in [1.165, 1.54) is 24.3 Å². The molecule has 0 saturated carbocycles. The molecule has 7 nitrogen and oxygen atoms in total. The number of rotatable bonds is 13. The minimum atomic E-state index is -4.86. The molecule has 2 amide bonds. The number of carbonyl (C=O) groups is 2. The first-order chi connectivity index (χ1) is 21.5. The first-order valence-electron chi connectivity index (χ1n) is 14.0. The Kier molecular flexibility index (Phi) is 11.2. The summed E-state index contributed by atoms with van der Waals surface area (Å²) in [6, 6.07) is 23.4. The predicted molar refractivity (Wildman–Crippen MR) is 164 cm³/mol. The van der Waals surface area contributed by atoms with Gasteiger partial charge >= 0.3 is 10.1 Å². The smallest absolute Gasteiger partial charge is 0.366 e. The van der Waals surface area contributed by atoms with E-state index in [4.69, 9.17) is 4.18 Å². The number of nitrogens with one attached hydrogen (secondary N) is 2. The van der Waals surface area contributed by atoms with Crippen molar-refractivity contribution in [2.24, 2.45) is 0 Å². The SMILES string of the molecule is Cc1ccc(C[C@H](NC(=O)c2cc(F)cc(F)c2)C(=O)N[C@H](/C=C(\F)S(=O)(=O)Oc2ccccc2)CCc2ccccc2)cc1. The Hall–Kier alpha value is -4.90. The zero-order chi connectivity index (χ0) is 32.4. The fourth-order valence-corrected chi connectivity index (χ4v) is 5.20. The van der Waals surface area contributed by atoms with E-state index >= 15 is 4.39 Å². The molecule has 45 heavy (non-hydrogen) atoms. The number of hydrogen-bond donors (Lipinski definition) is 2. The van der Waals surface area contributed by atoms with Crippen LogP contribution in [0.1, 0.15) is 33.5 Å². The molecule has 0 spiro atoms. The van der Waals surface area contributed by atoms with E-state index in [0.717, 1.165) is 29.3 Å². The summed E-state index contributed by atoms with van der Waals surface area (Å²) in [4.78, 5) is 26.6. The summed E-state index contributed by atoms with van der Waals surface area (Å²) in [6.07, 6.45) is 1.14. The fourth-order valence-electron chi connectivity index (χ4n) is 4.43.